The van der Waals surface area contributed by atoms with Gasteiger partial charge in [0.15, 0.2) is 5.96 Å². The summed E-state index contributed by atoms with van der Waals surface area (Å²) < 4.78 is 1.84. The van der Waals surface area contributed by atoms with Gasteiger partial charge in [-0.2, -0.15) is 5.10 Å². The Morgan fingerprint density at radius 2 is 1.96 bits per heavy atom. The largest absolute Gasteiger partial charge is 0.356 e. The second kappa shape index (κ2) is 8.52. The number of hydrogen-bond donors (Lipinski definition) is 2. The molecule has 0 atom stereocenters. The normalized spacial score (nSPS) is 12.2. The lowest BCUT2D eigenvalue weighted by atomic mass is 9.85. The summed E-state index contributed by atoms with van der Waals surface area (Å²) in [6, 6.07) is 10.6. The van der Waals surface area contributed by atoms with Crippen LogP contribution in [0.15, 0.2) is 47.7 Å². The van der Waals surface area contributed by atoms with E-state index in [0.717, 1.165) is 31.9 Å². The van der Waals surface area contributed by atoms with Gasteiger partial charge in [-0.25, -0.2) is 0 Å². The van der Waals surface area contributed by atoms with Gasteiger partial charge >= 0.3 is 0 Å². The van der Waals surface area contributed by atoms with E-state index >= 15 is 0 Å². The molecule has 0 aliphatic rings. The molecular weight excluding hydrogens is 298 g/mol. The number of nitrogens with one attached hydrogen (secondary N) is 2. The maximum atomic E-state index is 4.31. The zero-order valence-electron chi connectivity index (χ0n) is 15.2. The number of aliphatic imine (C=N–C) groups is 1. The average Bonchev–Trinajstić information content (AvgIpc) is 3.00. The summed E-state index contributed by atoms with van der Waals surface area (Å²) in [6.07, 6.45) is 6.06. The highest BCUT2D eigenvalue weighted by molar-refractivity contribution is 5.79. The average molecular weight is 327 g/mol. The lowest BCUT2D eigenvalue weighted by Crippen LogP contribution is -2.43. The van der Waals surface area contributed by atoms with E-state index < -0.39 is 0 Å². The van der Waals surface area contributed by atoms with Gasteiger partial charge in [-0.1, -0.05) is 44.2 Å². The number of guanidine groups is 1. The zero-order valence-corrected chi connectivity index (χ0v) is 15.2. The van der Waals surface area contributed by atoms with E-state index in [9.17, 15) is 0 Å². The van der Waals surface area contributed by atoms with E-state index in [2.05, 4.69) is 71.1 Å². The number of rotatable bonds is 7. The minimum absolute atomic E-state index is 0.0502. The summed E-state index contributed by atoms with van der Waals surface area (Å²) in [5, 5.41) is 11.0. The lowest BCUT2D eigenvalue weighted by Gasteiger charge is -2.26. The Hall–Kier alpha value is -2.30. The summed E-state index contributed by atoms with van der Waals surface area (Å²) in [5.74, 6) is 0.852. The molecule has 130 valence electrons. The van der Waals surface area contributed by atoms with Gasteiger partial charge in [0, 0.05) is 38.8 Å². The molecule has 0 aliphatic carbocycles. The van der Waals surface area contributed by atoms with Gasteiger partial charge < -0.3 is 10.6 Å². The third-order valence-corrected chi connectivity index (χ3v) is 4.17. The van der Waals surface area contributed by atoms with E-state index in [1.165, 1.54) is 11.1 Å². The number of nitrogens with zero attached hydrogens (tertiary/aromatic N) is 3. The van der Waals surface area contributed by atoms with Gasteiger partial charge in [0.2, 0.25) is 0 Å². The van der Waals surface area contributed by atoms with Crippen LogP contribution in [0.2, 0.25) is 0 Å². The second-order valence-electron chi connectivity index (χ2n) is 6.73. The van der Waals surface area contributed by atoms with Crippen molar-refractivity contribution in [2.75, 3.05) is 20.1 Å². The van der Waals surface area contributed by atoms with Crippen molar-refractivity contribution < 1.29 is 0 Å². The van der Waals surface area contributed by atoms with Gasteiger partial charge in [-0.05, 0) is 24.0 Å². The first kappa shape index (κ1) is 18.0. The Kier molecular flexibility index (Phi) is 6.41. The summed E-state index contributed by atoms with van der Waals surface area (Å²) in [4.78, 5) is 4.31. The van der Waals surface area contributed by atoms with Crippen molar-refractivity contribution in [2.24, 2.45) is 12.0 Å². The van der Waals surface area contributed by atoms with Crippen LogP contribution in [0, 0.1) is 0 Å². The Morgan fingerprint density at radius 3 is 2.58 bits per heavy atom. The summed E-state index contributed by atoms with van der Waals surface area (Å²) in [5.41, 5.74) is 2.64. The summed E-state index contributed by atoms with van der Waals surface area (Å²) >= 11 is 0. The number of benzene rings is 1. The molecule has 5 nitrogen and oxygen atoms in total. The molecule has 0 aliphatic heterocycles. The van der Waals surface area contributed by atoms with Crippen molar-refractivity contribution in [1.82, 2.24) is 20.4 Å². The van der Waals surface area contributed by atoms with Gasteiger partial charge in [-0.15, -0.1) is 0 Å². The highest BCUT2D eigenvalue weighted by Crippen LogP contribution is 2.21. The summed E-state index contributed by atoms with van der Waals surface area (Å²) in [7, 11) is 3.76. The molecule has 0 unspecified atom stereocenters. The van der Waals surface area contributed by atoms with Crippen LogP contribution in [0.3, 0.4) is 0 Å². The van der Waals surface area contributed by atoms with Crippen LogP contribution < -0.4 is 10.6 Å². The highest BCUT2D eigenvalue weighted by atomic mass is 15.2. The molecule has 2 rings (SSSR count). The quantitative estimate of drug-likeness (QED) is 0.467. The molecule has 1 aromatic heterocycles. The van der Waals surface area contributed by atoms with Gasteiger partial charge in [0.25, 0.3) is 0 Å². The van der Waals surface area contributed by atoms with E-state index in [4.69, 9.17) is 0 Å². The molecule has 1 aromatic carbocycles. The minimum Gasteiger partial charge on any atom is -0.356 e. The fraction of sp³-hybridized carbons (Fsp3) is 0.474. The van der Waals surface area contributed by atoms with Crippen molar-refractivity contribution >= 4 is 5.96 Å². The Morgan fingerprint density at radius 1 is 1.21 bits per heavy atom. The van der Waals surface area contributed by atoms with E-state index in [1.807, 2.05) is 25.0 Å². The molecule has 0 fully saturated rings. The fourth-order valence-corrected chi connectivity index (χ4v) is 2.62. The van der Waals surface area contributed by atoms with Crippen LogP contribution in [-0.2, 0) is 18.9 Å². The van der Waals surface area contributed by atoms with Gasteiger partial charge in [-0.3, -0.25) is 9.67 Å². The molecule has 2 N–H and O–H groups in total. The Bertz CT molecular complexity index is 643. The maximum Gasteiger partial charge on any atom is 0.191 e. The van der Waals surface area contributed by atoms with Crippen molar-refractivity contribution in [3.05, 3.63) is 53.9 Å². The van der Waals surface area contributed by atoms with Gasteiger partial charge in [0.1, 0.15) is 0 Å². The Balaban J connectivity index is 1.74. The molecule has 0 spiro atoms. The number of aromatic nitrogens is 2. The smallest absolute Gasteiger partial charge is 0.191 e. The first-order valence-corrected chi connectivity index (χ1v) is 8.49. The molecule has 0 saturated heterocycles. The molecule has 0 saturated carbocycles. The topological polar surface area (TPSA) is 54.2 Å². The van der Waals surface area contributed by atoms with E-state index in [1.54, 1.807) is 0 Å². The molecule has 2 aromatic rings. The van der Waals surface area contributed by atoms with Crippen LogP contribution in [0.25, 0.3) is 0 Å². The van der Waals surface area contributed by atoms with Crippen molar-refractivity contribution in [2.45, 2.75) is 32.1 Å². The molecule has 24 heavy (non-hydrogen) atoms. The predicted molar refractivity (Wildman–Crippen MR) is 100 cm³/mol. The number of hydrogen-bond acceptors (Lipinski definition) is 2. The molecular formula is C19H29N5. The van der Waals surface area contributed by atoms with Crippen LogP contribution in [0.1, 0.15) is 31.4 Å². The molecule has 5 heteroatoms. The monoisotopic (exact) mass is 327 g/mol. The molecule has 0 bridgehead atoms. The van der Waals surface area contributed by atoms with Crippen molar-refractivity contribution in [3.8, 4) is 0 Å². The van der Waals surface area contributed by atoms with Crippen LogP contribution in [-0.4, -0.2) is 35.9 Å². The minimum atomic E-state index is 0.0502. The summed E-state index contributed by atoms with van der Waals surface area (Å²) in [6.45, 7) is 6.20. The predicted octanol–water partition coefficient (Wildman–Crippen LogP) is 2.50. The third kappa shape index (κ3) is 5.41. The first-order valence-electron chi connectivity index (χ1n) is 8.49. The number of aryl methyl sites for hydroxylation is 2. The zero-order chi connectivity index (χ0) is 17.4. The molecule has 1 heterocycles. The van der Waals surface area contributed by atoms with Crippen molar-refractivity contribution in [1.29, 1.82) is 0 Å². The maximum absolute atomic E-state index is 4.31. The van der Waals surface area contributed by atoms with Crippen LogP contribution in [0.4, 0.5) is 0 Å². The van der Waals surface area contributed by atoms with Gasteiger partial charge in [0.05, 0.1) is 6.20 Å². The molecule has 0 amide bonds. The fourth-order valence-electron chi connectivity index (χ4n) is 2.62. The second-order valence-corrected chi connectivity index (χ2v) is 6.73. The first-order chi connectivity index (χ1) is 11.5. The van der Waals surface area contributed by atoms with Crippen LogP contribution in [0.5, 0.6) is 0 Å². The third-order valence-electron chi connectivity index (χ3n) is 4.17. The molecule has 0 radical (unpaired) electrons. The van der Waals surface area contributed by atoms with Crippen molar-refractivity contribution in [3.63, 3.8) is 0 Å². The lowest BCUT2D eigenvalue weighted by molar-refractivity contribution is 0.508. The highest BCUT2D eigenvalue weighted by Gasteiger charge is 2.20. The standard InChI is InChI=1S/C19H29N5/c1-19(2,17-10-6-5-7-11-17)15-22-18(20-3)21-12-8-9-16-13-23-24(4)14-16/h5-7,10-11,13-14H,8-9,12,15H2,1-4H3,(H2,20,21,22). The van der Waals surface area contributed by atoms with Crippen LogP contribution >= 0.6 is 0 Å². The SMILES string of the molecule is CN=C(NCCCc1cnn(C)c1)NCC(C)(C)c1ccccc1. The van der Waals surface area contributed by atoms with E-state index in [0.29, 0.717) is 0 Å². The Labute approximate surface area is 145 Å². The van der Waals surface area contributed by atoms with E-state index in [-0.39, 0.29) is 5.41 Å².